The Morgan fingerprint density at radius 2 is 1.60 bits per heavy atom. The second-order valence-corrected chi connectivity index (χ2v) is 8.85. The Labute approximate surface area is 179 Å². The molecule has 1 heterocycles. The van der Waals surface area contributed by atoms with Crippen molar-refractivity contribution in [2.24, 2.45) is 21.5 Å². The van der Waals surface area contributed by atoms with Crippen LogP contribution in [0.3, 0.4) is 0 Å². The molecule has 0 radical (unpaired) electrons. The molecule has 7 heteroatoms. The number of rotatable bonds is 3. The van der Waals surface area contributed by atoms with E-state index in [1.165, 1.54) is 38.5 Å². The van der Waals surface area contributed by atoms with Crippen LogP contribution < -0.4 is 21.7 Å². The Hall–Kier alpha value is -2.57. The highest BCUT2D eigenvalue weighted by atomic mass is 16.1. The van der Waals surface area contributed by atoms with Gasteiger partial charge in [0.15, 0.2) is 0 Å². The summed E-state index contributed by atoms with van der Waals surface area (Å²) in [6.07, 6.45) is 13.2. The van der Waals surface area contributed by atoms with Gasteiger partial charge in [0.2, 0.25) is 11.9 Å². The molecule has 0 bridgehead atoms. The van der Waals surface area contributed by atoms with Gasteiger partial charge in [-0.15, -0.1) is 0 Å². The van der Waals surface area contributed by atoms with Gasteiger partial charge in [-0.2, -0.15) is 4.99 Å². The number of anilines is 1. The molecule has 2 fully saturated rings. The summed E-state index contributed by atoms with van der Waals surface area (Å²) in [6.45, 7) is 0. The molecule has 0 atom stereocenters. The summed E-state index contributed by atoms with van der Waals surface area (Å²) in [5.41, 5.74) is 13.2. The smallest absolute Gasteiger partial charge is 0.253 e. The van der Waals surface area contributed by atoms with E-state index in [0.29, 0.717) is 11.5 Å². The van der Waals surface area contributed by atoms with Crippen LogP contribution in [0.15, 0.2) is 34.3 Å². The molecule has 30 heavy (non-hydrogen) atoms. The predicted molar refractivity (Wildman–Crippen MR) is 122 cm³/mol. The van der Waals surface area contributed by atoms with Crippen LogP contribution in [-0.2, 0) is 0 Å². The Kier molecular flexibility index (Phi) is 6.25. The summed E-state index contributed by atoms with van der Waals surface area (Å²) >= 11 is 0. The van der Waals surface area contributed by atoms with Crippen molar-refractivity contribution in [1.82, 2.24) is 5.32 Å². The molecular weight excluding hydrogens is 376 g/mol. The fourth-order valence-electron chi connectivity index (χ4n) is 5.19. The quantitative estimate of drug-likeness (QED) is 0.707. The van der Waals surface area contributed by atoms with Crippen molar-refractivity contribution in [3.8, 4) is 0 Å². The molecule has 1 aromatic rings. The number of carbonyl (C=O) groups excluding carboxylic acids is 1. The van der Waals surface area contributed by atoms with Crippen LogP contribution in [0.1, 0.15) is 87.4 Å². The van der Waals surface area contributed by atoms with E-state index in [0.717, 1.165) is 44.2 Å². The first kappa shape index (κ1) is 20.7. The summed E-state index contributed by atoms with van der Waals surface area (Å²) in [4.78, 5) is 24.3. The molecular formula is C23H34N6O. The lowest BCUT2D eigenvalue weighted by Gasteiger charge is -2.46. The predicted octanol–water partition coefficient (Wildman–Crippen LogP) is 3.64. The molecule has 2 aliphatic carbocycles. The normalized spacial score (nSPS) is 22.6. The molecule has 1 aromatic carbocycles. The number of guanidine groups is 2. The van der Waals surface area contributed by atoms with E-state index in [2.05, 4.69) is 10.3 Å². The third kappa shape index (κ3) is 4.30. The Balaban J connectivity index is 1.63. The zero-order chi connectivity index (χ0) is 21.0. The van der Waals surface area contributed by atoms with Crippen LogP contribution >= 0.6 is 0 Å². The number of nitrogens with one attached hydrogen (secondary N) is 1. The Bertz CT molecular complexity index is 819. The standard InChI is InChI=1S/C23H34N6O/c24-21-27-22(25)29(23(28-21)15-9-4-10-16-23)19-14-8-7-13-18(19)20(30)26-17-11-5-2-1-3-6-12-17/h7-8,13-14,17H,1-6,9-12,15-16H2,(H,26,30)(H4,24,25,27,28). The molecule has 2 saturated carbocycles. The van der Waals surface area contributed by atoms with E-state index in [-0.39, 0.29) is 17.9 Å². The van der Waals surface area contributed by atoms with Crippen molar-refractivity contribution >= 4 is 23.5 Å². The maximum absolute atomic E-state index is 13.3. The molecule has 1 spiro atoms. The van der Waals surface area contributed by atoms with Gasteiger partial charge in [-0.1, -0.05) is 50.7 Å². The van der Waals surface area contributed by atoms with E-state index >= 15 is 0 Å². The van der Waals surface area contributed by atoms with Crippen LogP contribution in [0, 0.1) is 0 Å². The number of benzene rings is 1. The molecule has 3 aliphatic rings. The van der Waals surface area contributed by atoms with Crippen LogP contribution in [-0.4, -0.2) is 29.5 Å². The summed E-state index contributed by atoms with van der Waals surface area (Å²) in [5, 5.41) is 3.29. The number of hydrogen-bond acceptors (Lipinski definition) is 6. The Morgan fingerprint density at radius 3 is 2.33 bits per heavy atom. The molecule has 7 nitrogen and oxygen atoms in total. The summed E-state index contributed by atoms with van der Waals surface area (Å²) < 4.78 is 0. The molecule has 1 aliphatic heterocycles. The summed E-state index contributed by atoms with van der Waals surface area (Å²) in [6, 6.07) is 7.89. The largest absolute Gasteiger partial charge is 0.369 e. The molecule has 1 amide bonds. The third-order valence-electron chi connectivity index (χ3n) is 6.68. The van der Waals surface area contributed by atoms with E-state index in [1.54, 1.807) is 0 Å². The van der Waals surface area contributed by atoms with Crippen molar-refractivity contribution in [1.29, 1.82) is 0 Å². The molecule has 0 aromatic heterocycles. The van der Waals surface area contributed by atoms with Crippen LogP contribution in [0.2, 0.25) is 0 Å². The van der Waals surface area contributed by atoms with Gasteiger partial charge in [-0.25, -0.2) is 4.99 Å². The Morgan fingerprint density at radius 1 is 0.967 bits per heavy atom. The van der Waals surface area contributed by atoms with E-state index < -0.39 is 5.66 Å². The topological polar surface area (TPSA) is 109 Å². The van der Waals surface area contributed by atoms with Crippen molar-refractivity contribution in [3.05, 3.63) is 29.8 Å². The fraction of sp³-hybridized carbons (Fsp3) is 0.609. The zero-order valence-electron chi connectivity index (χ0n) is 17.8. The van der Waals surface area contributed by atoms with Gasteiger partial charge in [0, 0.05) is 6.04 Å². The maximum Gasteiger partial charge on any atom is 0.253 e. The lowest BCUT2D eigenvalue weighted by Crippen LogP contribution is -2.58. The summed E-state index contributed by atoms with van der Waals surface area (Å²) in [7, 11) is 0. The van der Waals surface area contributed by atoms with Crippen molar-refractivity contribution in [2.75, 3.05) is 4.90 Å². The van der Waals surface area contributed by atoms with Crippen LogP contribution in [0.4, 0.5) is 5.69 Å². The number of amides is 1. The van der Waals surface area contributed by atoms with Crippen LogP contribution in [0.5, 0.6) is 0 Å². The zero-order valence-corrected chi connectivity index (χ0v) is 17.8. The van der Waals surface area contributed by atoms with Gasteiger partial charge in [0.25, 0.3) is 5.91 Å². The first-order chi connectivity index (χ1) is 14.6. The molecule has 162 valence electrons. The first-order valence-corrected chi connectivity index (χ1v) is 11.5. The molecule has 0 saturated heterocycles. The minimum absolute atomic E-state index is 0.0440. The third-order valence-corrected chi connectivity index (χ3v) is 6.68. The monoisotopic (exact) mass is 410 g/mol. The highest BCUT2D eigenvalue weighted by Crippen LogP contribution is 2.40. The number of para-hydroxylation sites is 1. The number of hydrogen-bond donors (Lipinski definition) is 3. The van der Waals surface area contributed by atoms with Crippen molar-refractivity contribution in [3.63, 3.8) is 0 Å². The highest BCUT2D eigenvalue weighted by Gasteiger charge is 2.43. The second kappa shape index (κ2) is 9.06. The van der Waals surface area contributed by atoms with Gasteiger partial charge in [-0.05, 0) is 50.7 Å². The maximum atomic E-state index is 13.3. The number of nitrogens with two attached hydrogens (primary N) is 2. The minimum atomic E-state index is -0.551. The van der Waals surface area contributed by atoms with E-state index in [4.69, 9.17) is 16.5 Å². The lowest BCUT2D eigenvalue weighted by molar-refractivity contribution is 0.0931. The first-order valence-electron chi connectivity index (χ1n) is 11.5. The van der Waals surface area contributed by atoms with Crippen molar-refractivity contribution < 1.29 is 4.79 Å². The van der Waals surface area contributed by atoms with Gasteiger partial charge in [-0.3, -0.25) is 9.69 Å². The fourth-order valence-corrected chi connectivity index (χ4v) is 5.19. The van der Waals surface area contributed by atoms with Gasteiger partial charge >= 0.3 is 0 Å². The molecule has 0 unspecified atom stereocenters. The average molecular weight is 411 g/mol. The van der Waals surface area contributed by atoms with Crippen molar-refractivity contribution in [2.45, 2.75) is 88.8 Å². The second-order valence-electron chi connectivity index (χ2n) is 8.85. The number of aliphatic imine (C=N–C) groups is 2. The lowest BCUT2D eigenvalue weighted by atomic mass is 9.87. The number of carbonyl (C=O) groups is 1. The van der Waals surface area contributed by atoms with E-state index in [9.17, 15) is 4.79 Å². The van der Waals surface area contributed by atoms with Gasteiger partial charge in [0.1, 0.15) is 5.66 Å². The minimum Gasteiger partial charge on any atom is -0.369 e. The average Bonchev–Trinajstić information content (AvgIpc) is 2.70. The summed E-state index contributed by atoms with van der Waals surface area (Å²) in [5.74, 6) is 0.496. The van der Waals surface area contributed by atoms with Crippen LogP contribution in [0.25, 0.3) is 0 Å². The number of nitrogens with zero attached hydrogens (tertiary/aromatic N) is 3. The molecule has 5 N–H and O–H groups in total. The highest BCUT2D eigenvalue weighted by molar-refractivity contribution is 6.10. The SMILES string of the molecule is NC1=NC2(CCCCC2)N(c2ccccc2C(=O)NC2CCCCCCC2)C(N)=N1. The molecule has 4 rings (SSSR count). The van der Waals surface area contributed by atoms with E-state index in [1.807, 2.05) is 29.2 Å². The van der Waals surface area contributed by atoms with Gasteiger partial charge in [0.05, 0.1) is 11.3 Å². The van der Waals surface area contributed by atoms with Gasteiger partial charge < -0.3 is 16.8 Å².